The number of aryl methyl sites for hydroxylation is 1. The maximum Gasteiger partial charge on any atom is 0.254 e. The summed E-state index contributed by atoms with van der Waals surface area (Å²) in [5.74, 6) is -0.382. The van der Waals surface area contributed by atoms with Gasteiger partial charge in [0.05, 0.1) is 23.7 Å². The van der Waals surface area contributed by atoms with E-state index in [2.05, 4.69) is 21.2 Å². The second-order valence-electron chi connectivity index (χ2n) is 5.64. The number of carbonyl (C=O) groups is 2. The van der Waals surface area contributed by atoms with Crippen LogP contribution in [0.3, 0.4) is 0 Å². The third-order valence-corrected chi connectivity index (χ3v) is 4.69. The van der Waals surface area contributed by atoms with Crippen LogP contribution in [-0.4, -0.2) is 37.4 Å². The molecule has 138 valence electrons. The van der Waals surface area contributed by atoms with E-state index in [0.29, 0.717) is 11.4 Å². The number of amides is 2. The summed E-state index contributed by atoms with van der Waals surface area (Å²) >= 11 is 15.5. The first-order valence-electron chi connectivity index (χ1n) is 7.57. The number of nitrogens with zero attached hydrogens (tertiary/aromatic N) is 1. The molecule has 0 aliphatic carbocycles. The van der Waals surface area contributed by atoms with Gasteiger partial charge in [-0.1, -0.05) is 39.1 Å². The fourth-order valence-electron chi connectivity index (χ4n) is 2.34. The van der Waals surface area contributed by atoms with Crippen LogP contribution < -0.4 is 10.1 Å². The number of rotatable bonds is 5. The summed E-state index contributed by atoms with van der Waals surface area (Å²) in [6.07, 6.45) is 0. The molecule has 0 spiro atoms. The standard InChI is InChI=1S/C18H17BrCl2N2O3/c1-10-6-12(19)4-5-15(10)22-16(24)9-23(2)18(25)11-7-13(20)17(26-3)14(21)8-11/h4-8H,9H2,1-3H3,(H,22,24). The Morgan fingerprint density at radius 2 is 1.81 bits per heavy atom. The van der Waals surface area contributed by atoms with Gasteiger partial charge in [0.15, 0.2) is 5.75 Å². The van der Waals surface area contributed by atoms with Crippen molar-refractivity contribution < 1.29 is 14.3 Å². The smallest absolute Gasteiger partial charge is 0.254 e. The monoisotopic (exact) mass is 458 g/mol. The number of hydrogen-bond acceptors (Lipinski definition) is 3. The largest absolute Gasteiger partial charge is 0.494 e. The minimum Gasteiger partial charge on any atom is -0.494 e. The average molecular weight is 460 g/mol. The van der Waals surface area contributed by atoms with E-state index < -0.39 is 0 Å². The van der Waals surface area contributed by atoms with E-state index >= 15 is 0 Å². The molecule has 0 bridgehead atoms. The average Bonchev–Trinajstić information content (AvgIpc) is 2.56. The normalized spacial score (nSPS) is 10.4. The number of nitrogens with one attached hydrogen (secondary N) is 1. The third kappa shape index (κ3) is 4.90. The molecular formula is C18H17BrCl2N2O3. The summed E-state index contributed by atoms with van der Waals surface area (Å²) in [7, 11) is 2.97. The molecule has 2 aromatic carbocycles. The highest BCUT2D eigenvalue weighted by Gasteiger charge is 2.19. The topological polar surface area (TPSA) is 58.6 Å². The predicted octanol–water partition coefficient (Wildman–Crippen LogP) is 4.78. The number of benzene rings is 2. The first-order valence-corrected chi connectivity index (χ1v) is 9.12. The lowest BCUT2D eigenvalue weighted by Crippen LogP contribution is -2.35. The molecule has 1 N–H and O–H groups in total. The molecule has 0 atom stereocenters. The zero-order valence-corrected chi connectivity index (χ0v) is 17.5. The molecule has 26 heavy (non-hydrogen) atoms. The Balaban J connectivity index is 2.08. The van der Waals surface area contributed by atoms with Gasteiger partial charge in [-0.2, -0.15) is 0 Å². The van der Waals surface area contributed by atoms with Crippen LogP contribution in [0.15, 0.2) is 34.8 Å². The fraction of sp³-hybridized carbons (Fsp3) is 0.222. The van der Waals surface area contributed by atoms with Gasteiger partial charge in [-0.15, -0.1) is 0 Å². The Bertz CT molecular complexity index is 835. The minimum absolute atomic E-state index is 0.115. The van der Waals surface area contributed by atoms with Crippen molar-refractivity contribution in [3.63, 3.8) is 0 Å². The Morgan fingerprint density at radius 3 is 2.35 bits per heavy atom. The highest BCUT2D eigenvalue weighted by molar-refractivity contribution is 9.10. The number of methoxy groups -OCH3 is 1. The number of hydrogen-bond donors (Lipinski definition) is 1. The van der Waals surface area contributed by atoms with Crippen LogP contribution in [-0.2, 0) is 4.79 Å². The molecule has 0 saturated carbocycles. The first-order chi connectivity index (χ1) is 12.2. The second-order valence-corrected chi connectivity index (χ2v) is 7.37. The second kappa shape index (κ2) is 8.75. The van der Waals surface area contributed by atoms with E-state index in [-0.39, 0.29) is 34.0 Å². The lowest BCUT2D eigenvalue weighted by molar-refractivity contribution is -0.116. The maximum absolute atomic E-state index is 12.5. The lowest BCUT2D eigenvalue weighted by atomic mass is 10.2. The van der Waals surface area contributed by atoms with Crippen LogP contribution in [0, 0.1) is 6.92 Å². The molecule has 0 heterocycles. The quantitative estimate of drug-likeness (QED) is 0.699. The number of carbonyl (C=O) groups excluding carboxylic acids is 2. The summed E-state index contributed by atoms with van der Waals surface area (Å²) in [6.45, 7) is 1.77. The third-order valence-electron chi connectivity index (χ3n) is 3.64. The van der Waals surface area contributed by atoms with Crippen molar-refractivity contribution in [2.75, 3.05) is 26.0 Å². The van der Waals surface area contributed by atoms with Gasteiger partial charge in [0, 0.05) is 22.8 Å². The van der Waals surface area contributed by atoms with Gasteiger partial charge in [0.2, 0.25) is 5.91 Å². The molecule has 0 unspecified atom stereocenters. The van der Waals surface area contributed by atoms with Crippen molar-refractivity contribution in [1.82, 2.24) is 4.90 Å². The Hall–Kier alpha value is -1.76. The van der Waals surface area contributed by atoms with Gasteiger partial charge in [0.1, 0.15) is 0 Å². The zero-order valence-electron chi connectivity index (χ0n) is 14.4. The fourth-order valence-corrected chi connectivity index (χ4v) is 3.46. The number of anilines is 1. The molecule has 5 nitrogen and oxygen atoms in total. The van der Waals surface area contributed by atoms with Gasteiger partial charge in [-0.25, -0.2) is 0 Å². The van der Waals surface area contributed by atoms with E-state index in [1.54, 1.807) is 6.07 Å². The molecule has 0 aliphatic heterocycles. The SMILES string of the molecule is COc1c(Cl)cc(C(=O)N(C)CC(=O)Nc2ccc(Br)cc2C)cc1Cl. The summed E-state index contributed by atoms with van der Waals surface area (Å²) in [5, 5.41) is 3.25. The van der Waals surface area contributed by atoms with Gasteiger partial charge in [-0.05, 0) is 42.8 Å². The van der Waals surface area contributed by atoms with Crippen LogP contribution in [0.1, 0.15) is 15.9 Å². The van der Waals surface area contributed by atoms with Gasteiger partial charge >= 0.3 is 0 Å². The van der Waals surface area contributed by atoms with Crippen LogP contribution in [0.4, 0.5) is 5.69 Å². The van der Waals surface area contributed by atoms with Crippen LogP contribution >= 0.6 is 39.1 Å². The Morgan fingerprint density at radius 1 is 1.19 bits per heavy atom. The van der Waals surface area contributed by atoms with Crippen molar-refractivity contribution in [3.8, 4) is 5.75 Å². The number of ether oxygens (including phenoxy) is 1. The Kier molecular flexibility index (Phi) is 6.92. The van der Waals surface area contributed by atoms with Crippen LogP contribution in [0.25, 0.3) is 0 Å². The molecule has 0 fully saturated rings. The highest BCUT2D eigenvalue weighted by atomic mass is 79.9. The summed E-state index contributed by atoms with van der Waals surface area (Å²) in [4.78, 5) is 26.1. The predicted molar refractivity (Wildman–Crippen MR) is 107 cm³/mol. The molecule has 0 aliphatic rings. The van der Waals surface area contributed by atoms with Crippen molar-refractivity contribution in [1.29, 1.82) is 0 Å². The number of halogens is 3. The molecule has 2 rings (SSSR count). The summed E-state index contributed by atoms with van der Waals surface area (Å²) in [6, 6.07) is 8.44. The zero-order chi connectivity index (χ0) is 19.4. The minimum atomic E-state index is -0.376. The van der Waals surface area contributed by atoms with Crippen molar-refractivity contribution in [3.05, 3.63) is 56.0 Å². The molecule has 0 saturated heterocycles. The van der Waals surface area contributed by atoms with Gasteiger partial charge in [-0.3, -0.25) is 9.59 Å². The van der Waals surface area contributed by atoms with E-state index in [1.165, 1.54) is 31.2 Å². The van der Waals surface area contributed by atoms with Crippen molar-refractivity contribution in [2.45, 2.75) is 6.92 Å². The van der Waals surface area contributed by atoms with Crippen molar-refractivity contribution >= 4 is 56.6 Å². The van der Waals surface area contributed by atoms with Crippen LogP contribution in [0.5, 0.6) is 5.75 Å². The highest BCUT2D eigenvalue weighted by Crippen LogP contribution is 2.34. The van der Waals surface area contributed by atoms with E-state index in [1.807, 2.05) is 19.1 Å². The van der Waals surface area contributed by atoms with Gasteiger partial charge in [0.25, 0.3) is 5.91 Å². The summed E-state index contributed by atoms with van der Waals surface area (Å²) in [5.41, 5.74) is 1.88. The maximum atomic E-state index is 12.5. The van der Waals surface area contributed by atoms with E-state index in [4.69, 9.17) is 27.9 Å². The first kappa shape index (κ1) is 20.6. The van der Waals surface area contributed by atoms with Crippen molar-refractivity contribution in [2.24, 2.45) is 0 Å². The van der Waals surface area contributed by atoms with E-state index in [0.717, 1.165) is 10.0 Å². The molecule has 2 amide bonds. The molecule has 0 aromatic heterocycles. The lowest BCUT2D eigenvalue weighted by Gasteiger charge is -2.18. The molecular weight excluding hydrogens is 443 g/mol. The van der Waals surface area contributed by atoms with E-state index in [9.17, 15) is 9.59 Å². The van der Waals surface area contributed by atoms with Gasteiger partial charge < -0.3 is 15.0 Å². The number of likely N-dealkylation sites (N-methyl/N-ethyl adjacent to an activating group) is 1. The van der Waals surface area contributed by atoms with Crippen LogP contribution in [0.2, 0.25) is 10.0 Å². The molecule has 0 radical (unpaired) electrons. The molecule has 8 heteroatoms. The Labute approximate surface area is 170 Å². The summed E-state index contributed by atoms with van der Waals surface area (Å²) < 4.78 is 5.99. The molecule has 2 aromatic rings.